The second kappa shape index (κ2) is 6.57. The minimum atomic E-state index is -0.0783. The van der Waals surface area contributed by atoms with Crippen molar-refractivity contribution in [1.82, 2.24) is 4.98 Å². The monoisotopic (exact) mass is 352 g/mol. The number of amides is 1. The van der Waals surface area contributed by atoms with Crippen molar-refractivity contribution in [2.45, 2.75) is 13.3 Å². The van der Waals surface area contributed by atoms with Crippen LogP contribution in [0.25, 0.3) is 11.3 Å². The number of carbonyl (C=O) groups excluding carboxylic acids is 1. The van der Waals surface area contributed by atoms with E-state index in [2.05, 4.69) is 10.3 Å². The molecule has 0 saturated carbocycles. The van der Waals surface area contributed by atoms with Gasteiger partial charge in [-0.25, -0.2) is 4.98 Å². The normalized spacial score (nSPS) is 12.2. The maximum Gasteiger partial charge on any atom is 0.231 e. The number of aryl methyl sites for hydroxylation is 1. The molecule has 0 spiro atoms. The van der Waals surface area contributed by atoms with Gasteiger partial charge in [-0.15, -0.1) is 11.3 Å². The molecular formula is C19H16N2O3S. The van der Waals surface area contributed by atoms with Crippen LogP contribution in [0.5, 0.6) is 11.5 Å². The summed E-state index contributed by atoms with van der Waals surface area (Å²) in [4.78, 5) is 16.8. The van der Waals surface area contributed by atoms with Crippen LogP contribution in [-0.2, 0) is 11.2 Å². The largest absolute Gasteiger partial charge is 0.454 e. The van der Waals surface area contributed by atoms with Gasteiger partial charge in [-0.2, -0.15) is 0 Å². The summed E-state index contributed by atoms with van der Waals surface area (Å²) in [5, 5.41) is 5.98. The Kier molecular flexibility index (Phi) is 4.11. The average Bonchev–Trinajstić information content (AvgIpc) is 3.23. The Morgan fingerprint density at radius 3 is 2.92 bits per heavy atom. The van der Waals surface area contributed by atoms with E-state index < -0.39 is 0 Å². The zero-order chi connectivity index (χ0) is 17.2. The molecule has 2 heterocycles. The molecule has 1 amide bonds. The standard InChI is InChI=1S/C19H16N2O3S/c1-12-20-16(10-25-12)14-3-2-4-15(9-14)21-19(22)8-13-5-6-17-18(7-13)24-11-23-17/h2-7,9-10H,8,11H2,1H3,(H,21,22). The van der Waals surface area contributed by atoms with Crippen molar-refractivity contribution < 1.29 is 14.3 Å². The summed E-state index contributed by atoms with van der Waals surface area (Å²) in [5.41, 5.74) is 3.56. The van der Waals surface area contributed by atoms with E-state index in [4.69, 9.17) is 9.47 Å². The van der Waals surface area contributed by atoms with E-state index in [-0.39, 0.29) is 19.1 Å². The minimum absolute atomic E-state index is 0.0783. The van der Waals surface area contributed by atoms with Gasteiger partial charge in [0.1, 0.15) is 0 Å². The van der Waals surface area contributed by atoms with E-state index in [0.29, 0.717) is 5.75 Å². The molecule has 0 unspecified atom stereocenters. The topological polar surface area (TPSA) is 60.5 Å². The second-order valence-electron chi connectivity index (χ2n) is 5.75. The Hall–Kier alpha value is -2.86. The van der Waals surface area contributed by atoms with Gasteiger partial charge in [0.2, 0.25) is 12.7 Å². The highest BCUT2D eigenvalue weighted by Crippen LogP contribution is 2.32. The van der Waals surface area contributed by atoms with Crippen molar-refractivity contribution in [3.63, 3.8) is 0 Å². The number of thiazole rings is 1. The highest BCUT2D eigenvalue weighted by atomic mass is 32.1. The maximum absolute atomic E-state index is 12.3. The third-order valence-corrected chi connectivity index (χ3v) is 4.64. The van der Waals surface area contributed by atoms with E-state index >= 15 is 0 Å². The van der Waals surface area contributed by atoms with Gasteiger partial charge in [0.15, 0.2) is 11.5 Å². The molecule has 1 aromatic heterocycles. The maximum atomic E-state index is 12.3. The molecule has 4 rings (SSSR count). The molecule has 0 atom stereocenters. The molecule has 25 heavy (non-hydrogen) atoms. The van der Waals surface area contributed by atoms with Gasteiger partial charge >= 0.3 is 0 Å². The molecule has 0 saturated heterocycles. The molecule has 2 aromatic carbocycles. The van der Waals surface area contributed by atoms with Gasteiger partial charge in [-0.3, -0.25) is 4.79 Å². The van der Waals surface area contributed by atoms with E-state index in [1.54, 1.807) is 11.3 Å². The van der Waals surface area contributed by atoms with Gasteiger partial charge < -0.3 is 14.8 Å². The quantitative estimate of drug-likeness (QED) is 0.770. The highest BCUT2D eigenvalue weighted by Gasteiger charge is 2.14. The number of ether oxygens (including phenoxy) is 2. The van der Waals surface area contributed by atoms with Gasteiger partial charge in [0.05, 0.1) is 17.1 Å². The minimum Gasteiger partial charge on any atom is -0.454 e. The van der Waals surface area contributed by atoms with Crippen LogP contribution in [0.1, 0.15) is 10.6 Å². The predicted octanol–water partition coefficient (Wildman–Crippen LogP) is 4.03. The van der Waals surface area contributed by atoms with Crippen LogP contribution in [0.4, 0.5) is 5.69 Å². The zero-order valence-electron chi connectivity index (χ0n) is 13.6. The van der Waals surface area contributed by atoms with Crippen LogP contribution in [0.3, 0.4) is 0 Å². The number of nitrogens with zero attached hydrogens (tertiary/aromatic N) is 1. The molecule has 0 bridgehead atoms. The van der Waals surface area contributed by atoms with Gasteiger partial charge in [0, 0.05) is 16.6 Å². The Bertz CT molecular complexity index is 936. The molecular weight excluding hydrogens is 336 g/mol. The SMILES string of the molecule is Cc1nc(-c2cccc(NC(=O)Cc3ccc4c(c3)OCO4)c2)cs1. The lowest BCUT2D eigenvalue weighted by Crippen LogP contribution is -2.14. The van der Waals surface area contributed by atoms with E-state index in [1.165, 1.54) is 0 Å². The molecule has 0 radical (unpaired) electrons. The lowest BCUT2D eigenvalue weighted by Gasteiger charge is -2.07. The fraction of sp³-hybridized carbons (Fsp3) is 0.158. The van der Waals surface area contributed by atoms with Crippen LogP contribution in [0.15, 0.2) is 47.8 Å². The van der Waals surface area contributed by atoms with E-state index in [1.807, 2.05) is 54.8 Å². The number of nitrogens with one attached hydrogen (secondary N) is 1. The Morgan fingerprint density at radius 2 is 2.08 bits per heavy atom. The van der Waals surface area contributed by atoms with Crippen molar-refractivity contribution in [2.24, 2.45) is 0 Å². The number of hydrogen-bond acceptors (Lipinski definition) is 5. The Morgan fingerprint density at radius 1 is 1.20 bits per heavy atom. The van der Waals surface area contributed by atoms with E-state index in [9.17, 15) is 4.79 Å². The first-order valence-corrected chi connectivity index (χ1v) is 8.76. The van der Waals surface area contributed by atoms with Gasteiger partial charge in [0.25, 0.3) is 0 Å². The number of benzene rings is 2. The van der Waals surface area contributed by atoms with Crippen LogP contribution in [0, 0.1) is 6.92 Å². The molecule has 0 aliphatic carbocycles. The van der Waals surface area contributed by atoms with E-state index in [0.717, 1.165) is 33.3 Å². The molecule has 1 N–H and O–H groups in total. The average molecular weight is 352 g/mol. The van der Waals surface area contributed by atoms with Crippen molar-refractivity contribution in [3.8, 4) is 22.8 Å². The summed E-state index contributed by atoms with van der Waals surface area (Å²) in [6.45, 7) is 2.21. The number of fused-ring (bicyclic) bond motifs is 1. The summed E-state index contributed by atoms with van der Waals surface area (Å²) in [5.74, 6) is 1.33. The first-order chi connectivity index (χ1) is 12.2. The lowest BCUT2D eigenvalue weighted by molar-refractivity contribution is -0.115. The molecule has 1 aliphatic rings. The summed E-state index contributed by atoms with van der Waals surface area (Å²) in [6, 6.07) is 13.3. The summed E-state index contributed by atoms with van der Waals surface area (Å²) in [6.07, 6.45) is 0.274. The smallest absolute Gasteiger partial charge is 0.231 e. The third-order valence-electron chi connectivity index (χ3n) is 3.86. The number of hydrogen-bond donors (Lipinski definition) is 1. The predicted molar refractivity (Wildman–Crippen MR) is 97.2 cm³/mol. The third kappa shape index (κ3) is 3.49. The van der Waals surface area contributed by atoms with Gasteiger partial charge in [-0.1, -0.05) is 18.2 Å². The fourth-order valence-corrected chi connectivity index (χ4v) is 3.32. The summed E-state index contributed by atoms with van der Waals surface area (Å²) >= 11 is 1.61. The Labute approximate surface area is 149 Å². The molecule has 0 fully saturated rings. The van der Waals surface area contributed by atoms with Crippen LogP contribution >= 0.6 is 11.3 Å². The van der Waals surface area contributed by atoms with Gasteiger partial charge in [-0.05, 0) is 36.8 Å². The highest BCUT2D eigenvalue weighted by molar-refractivity contribution is 7.09. The van der Waals surface area contributed by atoms with Crippen molar-refractivity contribution in [3.05, 3.63) is 58.4 Å². The van der Waals surface area contributed by atoms with Crippen molar-refractivity contribution >= 4 is 22.9 Å². The van der Waals surface area contributed by atoms with Crippen LogP contribution < -0.4 is 14.8 Å². The number of aromatic nitrogens is 1. The molecule has 6 heteroatoms. The molecule has 3 aromatic rings. The number of carbonyl (C=O) groups is 1. The first kappa shape index (κ1) is 15.7. The van der Waals surface area contributed by atoms with Crippen molar-refractivity contribution in [1.29, 1.82) is 0 Å². The molecule has 1 aliphatic heterocycles. The Balaban J connectivity index is 1.46. The number of anilines is 1. The molecule has 5 nitrogen and oxygen atoms in total. The summed E-state index contributed by atoms with van der Waals surface area (Å²) < 4.78 is 10.6. The second-order valence-corrected chi connectivity index (χ2v) is 6.81. The molecule has 126 valence electrons. The summed E-state index contributed by atoms with van der Waals surface area (Å²) in [7, 11) is 0. The van der Waals surface area contributed by atoms with Crippen LogP contribution in [0.2, 0.25) is 0 Å². The van der Waals surface area contributed by atoms with Crippen LogP contribution in [-0.4, -0.2) is 17.7 Å². The first-order valence-electron chi connectivity index (χ1n) is 7.88. The lowest BCUT2D eigenvalue weighted by atomic mass is 10.1. The fourth-order valence-electron chi connectivity index (χ4n) is 2.69. The van der Waals surface area contributed by atoms with Crippen molar-refractivity contribution in [2.75, 3.05) is 12.1 Å². The number of rotatable bonds is 4. The zero-order valence-corrected chi connectivity index (χ0v) is 14.4.